The fourth-order valence-corrected chi connectivity index (χ4v) is 1.22. The molecular weight excluding hydrogens is 186 g/mol. The van der Waals surface area contributed by atoms with Gasteiger partial charge in [0.1, 0.15) is 5.52 Å². The number of para-hydroxylation sites is 1. The van der Waals surface area contributed by atoms with Crippen LogP contribution in [0.1, 0.15) is 16.2 Å². The van der Waals surface area contributed by atoms with E-state index in [4.69, 9.17) is 14.6 Å². The molecule has 2 aromatic rings. The van der Waals surface area contributed by atoms with E-state index in [1.807, 2.05) is 0 Å². The third-order valence-electron chi connectivity index (χ3n) is 1.86. The fourth-order valence-electron chi connectivity index (χ4n) is 1.22. The maximum absolute atomic E-state index is 10.6. The van der Waals surface area contributed by atoms with Crippen LogP contribution in [0.25, 0.3) is 11.1 Å². The molecule has 0 saturated carbocycles. The van der Waals surface area contributed by atoms with E-state index in [2.05, 4.69) is 4.98 Å². The first-order valence-electron chi connectivity index (χ1n) is 3.95. The largest absolute Gasteiger partial charge is 0.474 e. The molecule has 5 nitrogen and oxygen atoms in total. The number of rotatable bonds is 2. The topological polar surface area (TPSA) is 83.6 Å². The van der Waals surface area contributed by atoms with Crippen molar-refractivity contribution < 1.29 is 19.4 Å². The van der Waals surface area contributed by atoms with Gasteiger partial charge in [-0.1, -0.05) is 12.1 Å². The minimum atomic E-state index is -1.22. The highest BCUT2D eigenvalue weighted by molar-refractivity contribution is 5.87. The highest BCUT2D eigenvalue weighted by atomic mass is 16.4. The summed E-state index contributed by atoms with van der Waals surface area (Å²) in [6.45, 7) is -0.192. The van der Waals surface area contributed by atoms with Crippen molar-refractivity contribution >= 4 is 17.1 Å². The maximum Gasteiger partial charge on any atom is 0.392 e. The molecule has 0 unspecified atom stereocenters. The molecule has 0 aliphatic carbocycles. The SMILES string of the molecule is O=C(O)c1nc2c(CO)cccc2o1. The van der Waals surface area contributed by atoms with Crippen LogP contribution in [0.3, 0.4) is 0 Å². The Hall–Kier alpha value is -1.88. The summed E-state index contributed by atoms with van der Waals surface area (Å²) in [5.74, 6) is -1.58. The summed E-state index contributed by atoms with van der Waals surface area (Å²) in [5.41, 5.74) is 1.32. The van der Waals surface area contributed by atoms with Gasteiger partial charge in [-0.3, -0.25) is 0 Å². The number of aromatic carboxylic acids is 1. The summed E-state index contributed by atoms with van der Waals surface area (Å²) in [6, 6.07) is 4.94. The zero-order valence-electron chi connectivity index (χ0n) is 7.10. The molecule has 2 rings (SSSR count). The van der Waals surface area contributed by atoms with Gasteiger partial charge in [0.25, 0.3) is 0 Å². The van der Waals surface area contributed by atoms with Crippen LogP contribution in [0.2, 0.25) is 0 Å². The highest BCUT2D eigenvalue weighted by Gasteiger charge is 2.14. The molecule has 5 heteroatoms. The molecule has 72 valence electrons. The van der Waals surface area contributed by atoms with Crippen molar-refractivity contribution in [1.82, 2.24) is 4.98 Å². The second-order valence-electron chi connectivity index (χ2n) is 2.75. The van der Waals surface area contributed by atoms with Crippen LogP contribution >= 0.6 is 0 Å². The van der Waals surface area contributed by atoms with E-state index in [1.165, 1.54) is 0 Å². The number of carbonyl (C=O) groups is 1. The third kappa shape index (κ3) is 1.23. The monoisotopic (exact) mass is 193 g/mol. The molecule has 0 spiro atoms. The van der Waals surface area contributed by atoms with Gasteiger partial charge in [-0.2, -0.15) is 0 Å². The van der Waals surface area contributed by atoms with Crippen molar-refractivity contribution in [3.8, 4) is 0 Å². The van der Waals surface area contributed by atoms with Crippen LogP contribution in [0.5, 0.6) is 0 Å². The number of hydrogen-bond acceptors (Lipinski definition) is 4. The van der Waals surface area contributed by atoms with Crippen LogP contribution in [0, 0.1) is 0 Å². The number of aromatic nitrogens is 1. The molecule has 2 N–H and O–H groups in total. The van der Waals surface area contributed by atoms with Gasteiger partial charge in [0, 0.05) is 5.56 Å². The average Bonchev–Trinajstić information content (AvgIpc) is 2.60. The van der Waals surface area contributed by atoms with Crippen LogP contribution in [0.15, 0.2) is 22.6 Å². The number of carboxylic acids is 1. The number of nitrogens with zero attached hydrogens (tertiary/aromatic N) is 1. The Morgan fingerprint density at radius 1 is 1.50 bits per heavy atom. The number of fused-ring (bicyclic) bond motifs is 1. The molecule has 0 bridgehead atoms. The average molecular weight is 193 g/mol. The summed E-state index contributed by atoms with van der Waals surface area (Å²) in [4.78, 5) is 14.3. The third-order valence-corrected chi connectivity index (χ3v) is 1.86. The number of carboxylic acid groups (broad SMARTS) is 1. The lowest BCUT2D eigenvalue weighted by Crippen LogP contribution is -1.95. The number of hydrogen-bond donors (Lipinski definition) is 2. The molecule has 1 aromatic carbocycles. The lowest BCUT2D eigenvalue weighted by molar-refractivity contribution is 0.0656. The first kappa shape index (κ1) is 8.71. The second kappa shape index (κ2) is 3.12. The fraction of sp³-hybridized carbons (Fsp3) is 0.111. The molecule has 0 aliphatic rings. The minimum Gasteiger partial charge on any atom is -0.474 e. The zero-order chi connectivity index (χ0) is 10.1. The van der Waals surface area contributed by atoms with E-state index in [1.54, 1.807) is 18.2 Å². The van der Waals surface area contributed by atoms with Gasteiger partial charge in [-0.05, 0) is 6.07 Å². The molecule has 0 fully saturated rings. The van der Waals surface area contributed by atoms with Crippen molar-refractivity contribution in [2.45, 2.75) is 6.61 Å². The van der Waals surface area contributed by atoms with E-state index >= 15 is 0 Å². The maximum atomic E-state index is 10.6. The van der Waals surface area contributed by atoms with E-state index in [-0.39, 0.29) is 12.5 Å². The van der Waals surface area contributed by atoms with Crippen LogP contribution in [0.4, 0.5) is 0 Å². The van der Waals surface area contributed by atoms with E-state index in [0.29, 0.717) is 16.7 Å². The molecule has 0 radical (unpaired) electrons. The standard InChI is InChI=1S/C9H7NO4/c11-4-5-2-1-3-6-7(5)10-8(14-6)9(12)13/h1-3,11H,4H2,(H,12,13). The lowest BCUT2D eigenvalue weighted by atomic mass is 10.2. The Kier molecular flexibility index (Phi) is 1.94. The summed E-state index contributed by atoms with van der Waals surface area (Å²) in [5, 5.41) is 17.6. The van der Waals surface area contributed by atoms with E-state index in [0.717, 1.165) is 0 Å². The Bertz CT molecular complexity index is 489. The molecule has 0 aliphatic heterocycles. The van der Waals surface area contributed by atoms with Crippen molar-refractivity contribution in [2.75, 3.05) is 0 Å². The van der Waals surface area contributed by atoms with Crippen LogP contribution < -0.4 is 0 Å². The molecule has 1 heterocycles. The van der Waals surface area contributed by atoms with E-state index < -0.39 is 5.97 Å². The van der Waals surface area contributed by atoms with Gasteiger partial charge in [0.2, 0.25) is 0 Å². The minimum absolute atomic E-state index is 0.192. The second-order valence-corrected chi connectivity index (χ2v) is 2.75. The number of benzene rings is 1. The molecule has 0 atom stereocenters. The van der Waals surface area contributed by atoms with Gasteiger partial charge >= 0.3 is 11.9 Å². The van der Waals surface area contributed by atoms with Crippen LogP contribution in [-0.2, 0) is 6.61 Å². The van der Waals surface area contributed by atoms with Gasteiger partial charge in [-0.15, -0.1) is 0 Å². The van der Waals surface area contributed by atoms with Crippen molar-refractivity contribution in [3.05, 3.63) is 29.7 Å². The van der Waals surface area contributed by atoms with Gasteiger partial charge in [0.15, 0.2) is 5.58 Å². The Morgan fingerprint density at radius 2 is 2.29 bits per heavy atom. The summed E-state index contributed by atoms with van der Waals surface area (Å²) in [6.07, 6.45) is 0. The first-order valence-corrected chi connectivity index (χ1v) is 3.95. The van der Waals surface area contributed by atoms with Crippen molar-refractivity contribution in [2.24, 2.45) is 0 Å². The number of aliphatic hydroxyl groups excluding tert-OH is 1. The number of aliphatic hydroxyl groups is 1. The summed E-state index contributed by atoms with van der Waals surface area (Å²) >= 11 is 0. The Morgan fingerprint density at radius 3 is 2.93 bits per heavy atom. The first-order chi connectivity index (χ1) is 6.72. The van der Waals surface area contributed by atoms with Gasteiger partial charge in [-0.25, -0.2) is 9.78 Å². The van der Waals surface area contributed by atoms with E-state index in [9.17, 15) is 4.79 Å². The molecular formula is C9H7NO4. The molecule has 0 amide bonds. The predicted octanol–water partition coefficient (Wildman–Crippen LogP) is 1.02. The summed E-state index contributed by atoms with van der Waals surface area (Å²) < 4.78 is 4.95. The molecule has 1 aromatic heterocycles. The normalized spacial score (nSPS) is 10.6. The van der Waals surface area contributed by atoms with Gasteiger partial charge < -0.3 is 14.6 Å². The summed E-state index contributed by atoms with van der Waals surface area (Å²) in [7, 11) is 0. The zero-order valence-corrected chi connectivity index (χ0v) is 7.10. The Labute approximate surface area is 78.6 Å². The van der Waals surface area contributed by atoms with Gasteiger partial charge in [0.05, 0.1) is 6.61 Å². The predicted molar refractivity (Wildman–Crippen MR) is 46.9 cm³/mol. The van der Waals surface area contributed by atoms with Crippen molar-refractivity contribution in [3.63, 3.8) is 0 Å². The number of oxazole rings is 1. The molecule has 0 saturated heterocycles. The van der Waals surface area contributed by atoms with Crippen LogP contribution in [-0.4, -0.2) is 21.2 Å². The highest BCUT2D eigenvalue weighted by Crippen LogP contribution is 2.19. The smallest absolute Gasteiger partial charge is 0.392 e. The Balaban J connectivity index is 2.70. The molecule has 14 heavy (non-hydrogen) atoms. The lowest BCUT2D eigenvalue weighted by Gasteiger charge is -1.93. The quantitative estimate of drug-likeness (QED) is 0.743. The van der Waals surface area contributed by atoms with Crippen molar-refractivity contribution in [1.29, 1.82) is 0 Å².